The third-order valence-electron chi connectivity index (χ3n) is 6.65. The van der Waals surface area contributed by atoms with Crippen LogP contribution in [0, 0.1) is 5.41 Å². The van der Waals surface area contributed by atoms with Gasteiger partial charge < -0.3 is 15.7 Å². The van der Waals surface area contributed by atoms with Gasteiger partial charge in [0.25, 0.3) is 5.91 Å². The Labute approximate surface area is 142 Å². The van der Waals surface area contributed by atoms with Gasteiger partial charge >= 0.3 is 0 Å². The molecule has 1 saturated carbocycles. The first-order valence-electron chi connectivity index (χ1n) is 9.33. The molecule has 1 saturated heterocycles. The molecule has 0 spiro atoms. The second-order valence-electron chi connectivity index (χ2n) is 8.01. The lowest BCUT2D eigenvalue weighted by atomic mass is 9.75. The van der Waals surface area contributed by atoms with Gasteiger partial charge in [0, 0.05) is 35.3 Å². The van der Waals surface area contributed by atoms with E-state index in [1.54, 1.807) is 0 Å². The Kier molecular flexibility index (Phi) is 3.92. The van der Waals surface area contributed by atoms with Crippen molar-refractivity contribution in [2.45, 2.75) is 76.5 Å². The first-order chi connectivity index (χ1) is 11.6. The monoisotopic (exact) mass is 332 g/mol. The number of aromatic amines is 1. The Hall–Kier alpha value is -1.40. The summed E-state index contributed by atoms with van der Waals surface area (Å²) in [6.07, 6.45) is 7.28. The minimum absolute atomic E-state index is 0.00555. The molecule has 1 aromatic rings. The van der Waals surface area contributed by atoms with E-state index in [2.05, 4.69) is 17.1 Å². The molecule has 4 rings (SSSR count). The van der Waals surface area contributed by atoms with Gasteiger partial charge in [-0.25, -0.2) is 0 Å². The standard InChI is InChI=1S/C18H28N4O2/c1-18-9-11(10-19)22(14(18)7-2-3-8-15(18)23)17(24)16-12-5-4-6-13(12)20-21-16/h11,14-15,23H,2-10,19H2,1H3,(H,20,21)/t11-,14-,15-,18-/m1/s1. The van der Waals surface area contributed by atoms with Crippen molar-refractivity contribution in [3.05, 3.63) is 17.0 Å². The molecule has 2 heterocycles. The van der Waals surface area contributed by atoms with Gasteiger partial charge in [-0.1, -0.05) is 19.8 Å². The molecule has 3 aliphatic rings. The molecule has 0 radical (unpaired) electrons. The number of nitrogens with zero attached hydrogens (tertiary/aromatic N) is 2. The lowest BCUT2D eigenvalue weighted by Crippen LogP contribution is -2.48. The third-order valence-corrected chi connectivity index (χ3v) is 6.65. The fourth-order valence-corrected chi connectivity index (χ4v) is 5.27. The summed E-state index contributed by atoms with van der Waals surface area (Å²) < 4.78 is 0. The number of aromatic nitrogens is 2. The minimum Gasteiger partial charge on any atom is -0.392 e. The number of hydrogen-bond donors (Lipinski definition) is 3. The number of likely N-dealkylation sites (tertiary alicyclic amines) is 1. The molecule has 0 aromatic carbocycles. The third kappa shape index (κ3) is 2.23. The number of hydrogen-bond acceptors (Lipinski definition) is 4. The average Bonchev–Trinajstić information content (AvgIpc) is 3.22. The summed E-state index contributed by atoms with van der Waals surface area (Å²) in [4.78, 5) is 15.3. The van der Waals surface area contributed by atoms with Gasteiger partial charge in [0.2, 0.25) is 0 Å². The van der Waals surface area contributed by atoms with Crippen LogP contribution < -0.4 is 5.73 Å². The smallest absolute Gasteiger partial charge is 0.275 e. The van der Waals surface area contributed by atoms with Crippen LogP contribution in [0.2, 0.25) is 0 Å². The zero-order chi connectivity index (χ0) is 16.9. The highest BCUT2D eigenvalue weighted by Crippen LogP contribution is 2.48. The Morgan fingerprint density at radius 2 is 2.17 bits per heavy atom. The van der Waals surface area contributed by atoms with Crippen LogP contribution in [0.3, 0.4) is 0 Å². The summed E-state index contributed by atoms with van der Waals surface area (Å²) in [7, 11) is 0. The molecule has 1 aromatic heterocycles. The van der Waals surface area contributed by atoms with E-state index in [4.69, 9.17) is 5.73 Å². The van der Waals surface area contributed by atoms with E-state index < -0.39 is 0 Å². The number of fused-ring (bicyclic) bond motifs is 2. The van der Waals surface area contributed by atoms with E-state index in [0.29, 0.717) is 12.2 Å². The van der Waals surface area contributed by atoms with Crippen molar-refractivity contribution in [1.82, 2.24) is 15.1 Å². The van der Waals surface area contributed by atoms with E-state index in [9.17, 15) is 9.90 Å². The second kappa shape index (κ2) is 5.85. The molecule has 132 valence electrons. The summed E-state index contributed by atoms with van der Waals surface area (Å²) in [5.41, 5.74) is 8.57. The van der Waals surface area contributed by atoms with Crippen molar-refractivity contribution in [3.63, 3.8) is 0 Å². The van der Waals surface area contributed by atoms with Crippen LogP contribution in [-0.2, 0) is 12.8 Å². The molecule has 24 heavy (non-hydrogen) atoms. The number of H-pyrrole nitrogens is 1. The van der Waals surface area contributed by atoms with Gasteiger partial charge in [-0.15, -0.1) is 0 Å². The molecule has 6 nitrogen and oxygen atoms in total. The molecule has 1 amide bonds. The van der Waals surface area contributed by atoms with E-state index >= 15 is 0 Å². The number of nitrogens with two attached hydrogens (primary N) is 1. The predicted molar refractivity (Wildman–Crippen MR) is 90.6 cm³/mol. The highest BCUT2D eigenvalue weighted by Gasteiger charge is 2.54. The molecule has 0 bridgehead atoms. The van der Waals surface area contributed by atoms with E-state index in [0.717, 1.165) is 62.6 Å². The van der Waals surface area contributed by atoms with Crippen molar-refractivity contribution in [1.29, 1.82) is 0 Å². The Bertz CT molecular complexity index is 643. The van der Waals surface area contributed by atoms with Crippen molar-refractivity contribution in [2.24, 2.45) is 11.1 Å². The molecule has 2 aliphatic carbocycles. The van der Waals surface area contributed by atoms with Crippen LogP contribution in [-0.4, -0.2) is 50.8 Å². The molecular weight excluding hydrogens is 304 g/mol. The number of nitrogens with one attached hydrogen (secondary N) is 1. The molecule has 2 fully saturated rings. The highest BCUT2D eigenvalue weighted by molar-refractivity contribution is 5.95. The molecule has 4 atom stereocenters. The number of carbonyl (C=O) groups is 1. The van der Waals surface area contributed by atoms with Crippen molar-refractivity contribution < 1.29 is 9.90 Å². The van der Waals surface area contributed by atoms with Crippen LogP contribution in [0.5, 0.6) is 0 Å². The number of aryl methyl sites for hydroxylation is 1. The first-order valence-corrected chi connectivity index (χ1v) is 9.33. The SMILES string of the molecule is C[C@@]12C[C@H](CN)N(C(=O)c3n[nH]c4c3CCC4)[C@@H]1CCCC[C@H]2O. The molecule has 4 N–H and O–H groups in total. The van der Waals surface area contributed by atoms with E-state index in [1.165, 1.54) is 0 Å². The predicted octanol–water partition coefficient (Wildman–Crippen LogP) is 1.38. The van der Waals surface area contributed by atoms with Crippen LogP contribution in [0.1, 0.15) is 67.2 Å². The van der Waals surface area contributed by atoms with E-state index in [-0.39, 0.29) is 29.5 Å². The second-order valence-corrected chi connectivity index (χ2v) is 8.01. The van der Waals surface area contributed by atoms with Gasteiger partial charge in [-0.2, -0.15) is 5.10 Å². The Morgan fingerprint density at radius 1 is 1.38 bits per heavy atom. The van der Waals surface area contributed by atoms with Crippen molar-refractivity contribution in [2.75, 3.05) is 6.54 Å². The summed E-state index contributed by atoms with van der Waals surface area (Å²) in [5, 5.41) is 18.1. The maximum absolute atomic E-state index is 13.4. The number of amides is 1. The zero-order valence-electron chi connectivity index (χ0n) is 14.4. The highest BCUT2D eigenvalue weighted by atomic mass is 16.3. The maximum atomic E-state index is 13.4. The van der Waals surface area contributed by atoms with Gasteiger partial charge in [0.05, 0.1) is 6.10 Å². The van der Waals surface area contributed by atoms with Gasteiger partial charge in [-0.3, -0.25) is 9.89 Å². The van der Waals surface area contributed by atoms with E-state index in [1.807, 2.05) is 4.90 Å². The molecule has 6 heteroatoms. The number of aliphatic hydroxyl groups excluding tert-OH is 1. The molecular formula is C18H28N4O2. The Balaban J connectivity index is 1.70. The van der Waals surface area contributed by atoms with Crippen molar-refractivity contribution >= 4 is 5.91 Å². The van der Waals surface area contributed by atoms with Crippen molar-refractivity contribution in [3.8, 4) is 0 Å². The maximum Gasteiger partial charge on any atom is 0.275 e. The minimum atomic E-state index is -0.359. The summed E-state index contributed by atoms with van der Waals surface area (Å²) in [5.74, 6) is 0.00711. The Morgan fingerprint density at radius 3 is 2.96 bits per heavy atom. The van der Waals surface area contributed by atoms with Crippen LogP contribution >= 0.6 is 0 Å². The topological polar surface area (TPSA) is 95.2 Å². The normalized spacial score (nSPS) is 35.6. The van der Waals surface area contributed by atoms with Crippen LogP contribution in [0.15, 0.2) is 0 Å². The number of carbonyl (C=O) groups excluding carboxylic acids is 1. The first kappa shape index (κ1) is 16.1. The fraction of sp³-hybridized carbons (Fsp3) is 0.778. The van der Waals surface area contributed by atoms with Gasteiger partial charge in [0.15, 0.2) is 5.69 Å². The fourth-order valence-electron chi connectivity index (χ4n) is 5.27. The zero-order valence-corrected chi connectivity index (χ0v) is 14.4. The molecule has 0 unspecified atom stereocenters. The quantitative estimate of drug-likeness (QED) is 0.762. The number of aliphatic hydroxyl groups is 1. The van der Waals surface area contributed by atoms with Crippen LogP contribution in [0.25, 0.3) is 0 Å². The molecule has 1 aliphatic heterocycles. The lowest BCUT2D eigenvalue weighted by Gasteiger charge is -2.37. The van der Waals surface area contributed by atoms with Gasteiger partial charge in [0.1, 0.15) is 0 Å². The summed E-state index contributed by atoms with van der Waals surface area (Å²) in [6, 6.07) is 0.0545. The van der Waals surface area contributed by atoms with Crippen LogP contribution in [0.4, 0.5) is 0 Å². The largest absolute Gasteiger partial charge is 0.392 e. The number of rotatable bonds is 2. The summed E-state index contributed by atoms with van der Waals surface area (Å²) >= 11 is 0. The average molecular weight is 332 g/mol. The van der Waals surface area contributed by atoms with Gasteiger partial charge in [-0.05, 0) is 38.5 Å². The summed E-state index contributed by atoms with van der Waals surface area (Å²) in [6.45, 7) is 2.58. The lowest BCUT2D eigenvalue weighted by molar-refractivity contribution is 0.0120.